The van der Waals surface area contributed by atoms with Crippen LogP contribution in [0.15, 0.2) is 48.5 Å². The second-order valence-electron chi connectivity index (χ2n) is 7.27. The van der Waals surface area contributed by atoms with Crippen molar-refractivity contribution in [3.63, 3.8) is 0 Å². The molecule has 0 atom stereocenters. The summed E-state index contributed by atoms with van der Waals surface area (Å²) in [5, 5.41) is 26.7. The van der Waals surface area contributed by atoms with Gasteiger partial charge in [-0.05, 0) is 42.0 Å². The van der Waals surface area contributed by atoms with E-state index in [0.29, 0.717) is 29.8 Å². The van der Waals surface area contributed by atoms with Crippen molar-refractivity contribution in [2.24, 2.45) is 0 Å². The lowest BCUT2D eigenvalue weighted by Crippen LogP contribution is -3.13. The molecule has 1 fully saturated rings. The first kappa shape index (κ1) is 27.2. The van der Waals surface area contributed by atoms with Crippen LogP contribution in [0.1, 0.15) is 41.6 Å². The number of carbonyl (C=O) groups excluding carboxylic acids is 2. The first-order valence-electron chi connectivity index (χ1n) is 10.0. The number of halogens is 2. The highest BCUT2D eigenvalue weighted by atomic mass is 35.5. The number of quaternary nitrogens is 1. The molecule has 0 aliphatic carbocycles. The predicted molar refractivity (Wildman–Crippen MR) is 115 cm³/mol. The van der Waals surface area contributed by atoms with Gasteiger partial charge in [0, 0.05) is 42.7 Å². The normalized spacial score (nSPS) is 19.4. The molecule has 0 aromatic heterocycles. The smallest absolute Gasteiger partial charge is 0.290 e. The Balaban J connectivity index is 0.000000769. The zero-order chi connectivity index (χ0) is 24.0. The second kappa shape index (κ2) is 14.3. The molecule has 0 unspecified atom stereocenters. The van der Waals surface area contributed by atoms with Gasteiger partial charge in [-0.25, -0.2) is 4.39 Å². The molecule has 1 aliphatic rings. The standard InChI is InChI=1S/C21H23ClFNO2.2CH2O2/c22-18-7-5-17(6-8-18)21(26)11-14-24(15-12-21)13-1-2-20(25)16-3-9-19(23)10-4-16;2*2-1-3/h3-10,26H,1-2,11-15H2;2*1H,(H,2,3). The van der Waals surface area contributed by atoms with Crippen molar-refractivity contribution in [2.75, 3.05) is 19.6 Å². The number of Topliss-reactive ketones (excluding diaryl/α,β-unsaturated/α-hetero) is 1. The first-order chi connectivity index (χ1) is 15.3. The Morgan fingerprint density at radius 3 is 2.09 bits per heavy atom. The molecule has 0 amide bonds. The van der Waals surface area contributed by atoms with E-state index in [1.807, 2.05) is 24.3 Å². The van der Waals surface area contributed by atoms with Crippen molar-refractivity contribution >= 4 is 30.3 Å². The Morgan fingerprint density at radius 2 is 1.59 bits per heavy atom. The van der Waals surface area contributed by atoms with E-state index in [0.717, 1.165) is 31.6 Å². The molecule has 0 bridgehead atoms. The first-order valence-corrected chi connectivity index (χ1v) is 10.4. The van der Waals surface area contributed by atoms with Crippen molar-refractivity contribution in [3.8, 4) is 0 Å². The van der Waals surface area contributed by atoms with Gasteiger partial charge in [0.15, 0.2) is 5.78 Å². The van der Waals surface area contributed by atoms with Crippen molar-refractivity contribution in [1.29, 1.82) is 0 Å². The highest BCUT2D eigenvalue weighted by Crippen LogP contribution is 2.30. The molecule has 174 valence electrons. The summed E-state index contributed by atoms with van der Waals surface area (Å²) < 4.78 is 12.9. The van der Waals surface area contributed by atoms with E-state index in [2.05, 4.69) is 0 Å². The quantitative estimate of drug-likeness (QED) is 0.432. The summed E-state index contributed by atoms with van der Waals surface area (Å²) >= 11 is 5.92. The molecule has 2 aromatic carbocycles. The van der Waals surface area contributed by atoms with Crippen molar-refractivity contribution in [1.82, 2.24) is 0 Å². The lowest BCUT2D eigenvalue weighted by atomic mass is 9.84. The van der Waals surface area contributed by atoms with Crippen LogP contribution in [0.5, 0.6) is 0 Å². The summed E-state index contributed by atoms with van der Waals surface area (Å²) in [6.07, 6.45) is 2.67. The monoisotopic (exact) mass is 467 g/mol. The van der Waals surface area contributed by atoms with Crippen molar-refractivity contribution in [2.45, 2.75) is 31.3 Å². The minimum Gasteiger partial charge on any atom is -0.554 e. The highest BCUT2D eigenvalue weighted by molar-refractivity contribution is 6.30. The number of ketones is 1. The zero-order valence-electron chi connectivity index (χ0n) is 17.5. The summed E-state index contributed by atoms with van der Waals surface area (Å²) in [7, 11) is 0. The number of piperidine rings is 1. The number of aliphatic hydroxyl groups is 1. The third-order valence-electron chi connectivity index (χ3n) is 5.27. The summed E-state index contributed by atoms with van der Waals surface area (Å²) in [5.41, 5.74) is 0.711. The van der Waals surface area contributed by atoms with Gasteiger partial charge in [0.2, 0.25) is 0 Å². The third-order valence-corrected chi connectivity index (χ3v) is 5.52. The molecule has 1 saturated heterocycles. The van der Waals surface area contributed by atoms with Gasteiger partial charge in [0.05, 0.1) is 19.6 Å². The van der Waals surface area contributed by atoms with Gasteiger partial charge in [0.25, 0.3) is 6.47 Å². The van der Waals surface area contributed by atoms with Gasteiger partial charge in [0.1, 0.15) is 11.4 Å². The Morgan fingerprint density at radius 1 is 1.09 bits per heavy atom. The van der Waals surface area contributed by atoms with E-state index in [4.69, 9.17) is 31.4 Å². The summed E-state index contributed by atoms with van der Waals surface area (Å²) in [6.45, 7) is 1.91. The number of hydrogen-bond donors (Lipinski definition) is 3. The fraction of sp³-hybridized carbons (Fsp3) is 0.348. The van der Waals surface area contributed by atoms with Crippen LogP contribution >= 0.6 is 11.6 Å². The van der Waals surface area contributed by atoms with E-state index in [1.165, 1.54) is 29.2 Å². The molecule has 1 aliphatic heterocycles. The maximum Gasteiger partial charge on any atom is 0.290 e. The predicted octanol–water partition coefficient (Wildman–Crippen LogP) is 1.08. The fourth-order valence-electron chi connectivity index (χ4n) is 3.59. The second-order valence-corrected chi connectivity index (χ2v) is 7.71. The maximum atomic E-state index is 12.9. The number of benzene rings is 2. The molecule has 3 N–H and O–H groups in total. The lowest BCUT2D eigenvalue weighted by molar-refractivity contribution is -0.908. The average molecular weight is 468 g/mol. The highest BCUT2D eigenvalue weighted by Gasteiger charge is 2.35. The van der Waals surface area contributed by atoms with Crippen LogP contribution in [0.4, 0.5) is 4.39 Å². The molecule has 3 rings (SSSR count). The number of carboxylic acid groups (broad SMARTS) is 2. The van der Waals surface area contributed by atoms with Crippen molar-refractivity contribution < 1.29 is 39.0 Å². The molecule has 9 heteroatoms. The molecule has 7 nitrogen and oxygen atoms in total. The van der Waals surface area contributed by atoms with Crippen LogP contribution in [-0.2, 0) is 15.2 Å². The Bertz CT molecular complexity index is 831. The van der Waals surface area contributed by atoms with Crippen LogP contribution in [0, 0.1) is 5.82 Å². The molecule has 1 heterocycles. The third kappa shape index (κ3) is 9.13. The van der Waals surface area contributed by atoms with E-state index in [1.54, 1.807) is 0 Å². The number of hydrogen-bond acceptors (Lipinski definition) is 5. The number of likely N-dealkylation sites (tertiary alicyclic amines) is 1. The van der Waals surface area contributed by atoms with Crippen LogP contribution in [-0.4, -0.2) is 48.6 Å². The summed E-state index contributed by atoms with van der Waals surface area (Å²) in [4.78, 5) is 30.2. The van der Waals surface area contributed by atoms with Gasteiger partial charge < -0.3 is 25.0 Å². The fourth-order valence-corrected chi connectivity index (χ4v) is 3.72. The van der Waals surface area contributed by atoms with E-state index in [9.17, 15) is 14.3 Å². The summed E-state index contributed by atoms with van der Waals surface area (Å²) in [6, 6.07) is 13.1. The van der Waals surface area contributed by atoms with Crippen LogP contribution in [0.2, 0.25) is 5.02 Å². The van der Waals surface area contributed by atoms with Crippen LogP contribution in [0.3, 0.4) is 0 Å². The maximum absolute atomic E-state index is 12.9. The molecule has 0 spiro atoms. The van der Waals surface area contributed by atoms with Crippen LogP contribution in [0.25, 0.3) is 0 Å². The SMILES string of the molecule is O=C(CCC[NH+]1CCC(O)(c2ccc(Cl)cc2)CC1)c1ccc(F)cc1.O=CO.O=C[O-]. The van der Waals surface area contributed by atoms with E-state index in [-0.39, 0.29) is 18.1 Å². The van der Waals surface area contributed by atoms with Gasteiger partial charge in [-0.2, -0.15) is 0 Å². The molecule has 2 aromatic rings. The minimum absolute atomic E-state index is 0.0547. The van der Waals surface area contributed by atoms with Gasteiger partial charge in [-0.3, -0.25) is 9.59 Å². The van der Waals surface area contributed by atoms with Crippen molar-refractivity contribution in [3.05, 3.63) is 70.5 Å². The molecule has 0 radical (unpaired) electrons. The number of nitrogens with one attached hydrogen (secondary N) is 1. The topological polar surface area (TPSA) is 119 Å². The molecule has 32 heavy (non-hydrogen) atoms. The number of carbonyl (C=O) groups is 3. The average Bonchev–Trinajstić information content (AvgIpc) is 2.77. The zero-order valence-corrected chi connectivity index (χ0v) is 18.3. The minimum atomic E-state index is -0.780. The van der Waals surface area contributed by atoms with Gasteiger partial charge in [-0.15, -0.1) is 0 Å². The van der Waals surface area contributed by atoms with E-state index < -0.39 is 12.1 Å². The summed E-state index contributed by atoms with van der Waals surface area (Å²) in [5.74, 6) is -0.272. The van der Waals surface area contributed by atoms with E-state index >= 15 is 0 Å². The molecular formula is C23H27ClFNO6. The molecule has 0 saturated carbocycles. The van der Waals surface area contributed by atoms with Crippen LogP contribution < -0.4 is 10.0 Å². The number of rotatable bonds is 6. The Hall–Kier alpha value is -2.81. The Labute approximate surface area is 191 Å². The Kier molecular flexibility index (Phi) is 12.2. The largest absolute Gasteiger partial charge is 0.554 e. The lowest BCUT2D eigenvalue weighted by Gasteiger charge is -2.36. The van der Waals surface area contributed by atoms with Gasteiger partial charge in [-0.1, -0.05) is 23.7 Å². The van der Waals surface area contributed by atoms with Gasteiger partial charge >= 0.3 is 0 Å². The molecular weight excluding hydrogens is 441 g/mol.